The predicted molar refractivity (Wildman–Crippen MR) is 58.7 cm³/mol. The number of benzene rings is 2. The number of rotatable bonds is 2. The maximum Gasteiger partial charge on any atom is 0.425 e. The van der Waals surface area contributed by atoms with Gasteiger partial charge in [-0.05, 0) is 0 Å². The molecule has 0 aliphatic carbocycles. The van der Waals surface area contributed by atoms with Gasteiger partial charge in [0, 0.05) is 23.1 Å². The molecule has 10 heteroatoms. The predicted octanol–water partition coefficient (Wildman–Crippen LogP) is 2.87. The first-order chi connectivity index (χ1) is 10.2. The summed E-state index contributed by atoms with van der Waals surface area (Å²) in [7, 11) is 0. The summed E-state index contributed by atoms with van der Waals surface area (Å²) in [6, 6.07) is -0.528. The van der Waals surface area contributed by atoms with Crippen LogP contribution in [0.5, 0.6) is 0 Å². The topological polar surface area (TPSA) is 0 Å². The van der Waals surface area contributed by atoms with Crippen molar-refractivity contribution >= 4 is 17.9 Å². The lowest BCUT2D eigenvalue weighted by Crippen LogP contribution is -2.47. The van der Waals surface area contributed by atoms with Gasteiger partial charge in [-0.15, -0.1) is 0 Å². The molecule has 0 aliphatic rings. The van der Waals surface area contributed by atoms with Gasteiger partial charge < -0.3 is 4.32 Å². The lowest BCUT2D eigenvalue weighted by molar-refractivity contribution is 0.457. The second-order valence-corrected chi connectivity index (χ2v) is 4.13. The Bertz CT molecular complexity index is 643. The Hall–Kier alpha value is -2.13. The van der Waals surface area contributed by atoms with Crippen LogP contribution in [0.25, 0.3) is 0 Å². The molecule has 22 heavy (non-hydrogen) atoms. The van der Waals surface area contributed by atoms with E-state index in [2.05, 4.69) is 0 Å². The summed E-state index contributed by atoms with van der Waals surface area (Å²) in [5.41, 5.74) is -4.08. The van der Waals surface area contributed by atoms with Gasteiger partial charge in [0.1, 0.15) is 0 Å². The minimum absolute atomic E-state index is 0.264. The van der Waals surface area contributed by atoms with Gasteiger partial charge in [-0.1, -0.05) is 0 Å². The van der Waals surface area contributed by atoms with E-state index in [0.29, 0.717) is 0 Å². The average molecular weight is 328 g/mol. The van der Waals surface area contributed by atoms with Crippen LogP contribution < -0.4 is 10.9 Å². The second-order valence-electron chi connectivity index (χ2n) is 4.13. The third-order valence-electron chi connectivity index (χ3n) is 2.80. The first kappa shape index (κ1) is 16.2. The first-order valence-electron chi connectivity index (χ1n) is 5.46. The molecule has 0 unspecified atom stereocenters. The normalized spacial score (nSPS) is 11.0. The van der Waals surface area contributed by atoms with Crippen molar-refractivity contribution in [2.75, 3.05) is 0 Å². The summed E-state index contributed by atoms with van der Waals surface area (Å²) < 4.78 is 119. The van der Waals surface area contributed by atoms with Crippen molar-refractivity contribution in [1.82, 2.24) is 0 Å². The van der Waals surface area contributed by atoms with Gasteiger partial charge in [0.15, 0.2) is 46.5 Å². The molecule has 2 rings (SSSR count). The molecule has 0 heterocycles. The Morgan fingerprint density at radius 2 is 0.727 bits per heavy atom. The van der Waals surface area contributed by atoms with Gasteiger partial charge >= 0.3 is 6.99 Å². The van der Waals surface area contributed by atoms with Crippen molar-refractivity contribution in [1.29, 1.82) is 0 Å². The van der Waals surface area contributed by atoms with Crippen LogP contribution in [0.2, 0.25) is 0 Å². The van der Waals surface area contributed by atoms with Crippen molar-refractivity contribution in [2.45, 2.75) is 0 Å². The highest BCUT2D eigenvalue weighted by Crippen LogP contribution is 2.16. The number of hydrogen-bond donors (Lipinski definition) is 0. The first-order valence-corrected chi connectivity index (χ1v) is 5.46. The van der Waals surface area contributed by atoms with Crippen molar-refractivity contribution < 1.29 is 39.4 Å². The minimum Gasteiger partial charge on any atom is -0.322 e. The highest BCUT2D eigenvalue weighted by molar-refractivity contribution is 6.79. The molecule has 2 aromatic rings. The van der Waals surface area contributed by atoms with Crippen LogP contribution in [0.4, 0.5) is 39.4 Å². The van der Waals surface area contributed by atoms with Crippen LogP contribution in [-0.4, -0.2) is 6.99 Å². The van der Waals surface area contributed by atoms with E-state index in [1.54, 1.807) is 0 Å². The van der Waals surface area contributed by atoms with Crippen molar-refractivity contribution in [2.24, 2.45) is 0 Å². The smallest absolute Gasteiger partial charge is 0.322 e. The fourth-order valence-corrected chi connectivity index (χ4v) is 1.77. The van der Waals surface area contributed by atoms with Crippen LogP contribution in [0.1, 0.15) is 0 Å². The van der Waals surface area contributed by atoms with Gasteiger partial charge in [0.2, 0.25) is 0 Å². The van der Waals surface area contributed by atoms with E-state index in [9.17, 15) is 39.4 Å². The maximum atomic E-state index is 14.0. The third kappa shape index (κ3) is 2.42. The molecule has 0 saturated heterocycles. The number of halogens is 9. The van der Waals surface area contributed by atoms with Gasteiger partial charge in [-0.3, -0.25) is 0 Å². The fourth-order valence-electron chi connectivity index (χ4n) is 1.77. The van der Waals surface area contributed by atoms with E-state index in [-0.39, 0.29) is 12.1 Å². The summed E-state index contributed by atoms with van der Waals surface area (Å²) in [6.45, 7) is -3.52. The monoisotopic (exact) mass is 328 g/mol. The van der Waals surface area contributed by atoms with Crippen LogP contribution in [0, 0.1) is 46.5 Å². The highest BCUT2D eigenvalue weighted by atomic mass is 19.2. The molecule has 0 atom stereocenters. The maximum absolute atomic E-state index is 14.0. The Morgan fingerprint density at radius 1 is 0.500 bits per heavy atom. The Labute approximate surface area is 117 Å². The van der Waals surface area contributed by atoms with Crippen LogP contribution in [0.3, 0.4) is 0 Å². The van der Waals surface area contributed by atoms with Gasteiger partial charge in [0.25, 0.3) is 0 Å². The summed E-state index contributed by atoms with van der Waals surface area (Å²) in [6.07, 6.45) is 0. The molecule has 0 radical (unpaired) electrons. The Balaban J connectivity index is 2.77. The Morgan fingerprint density at radius 3 is 0.955 bits per heavy atom. The van der Waals surface area contributed by atoms with Crippen molar-refractivity contribution in [3.8, 4) is 0 Å². The molecule has 0 amide bonds. The molecule has 2 aromatic carbocycles. The summed E-state index contributed by atoms with van der Waals surface area (Å²) in [5, 5.41) is 0. The zero-order chi connectivity index (χ0) is 16.8. The van der Waals surface area contributed by atoms with Crippen LogP contribution in [-0.2, 0) is 0 Å². The van der Waals surface area contributed by atoms with E-state index in [0.717, 1.165) is 0 Å². The SMILES string of the molecule is FB(c1c(F)c(F)cc(F)c1F)c1c(F)c(F)cc(F)c1F. The zero-order valence-electron chi connectivity index (χ0n) is 10.1. The van der Waals surface area contributed by atoms with E-state index < -0.39 is 64.5 Å². The molecule has 0 N–H and O–H groups in total. The lowest BCUT2D eigenvalue weighted by Gasteiger charge is -2.11. The summed E-state index contributed by atoms with van der Waals surface area (Å²) in [5.74, 6) is -17.3. The fraction of sp³-hybridized carbons (Fsp3) is 0. The van der Waals surface area contributed by atoms with E-state index >= 15 is 0 Å². The number of hydrogen-bond acceptors (Lipinski definition) is 0. The quantitative estimate of drug-likeness (QED) is 0.452. The largest absolute Gasteiger partial charge is 0.425 e. The van der Waals surface area contributed by atoms with Crippen molar-refractivity contribution in [3.05, 3.63) is 58.7 Å². The van der Waals surface area contributed by atoms with E-state index in [4.69, 9.17) is 0 Å². The van der Waals surface area contributed by atoms with E-state index in [1.165, 1.54) is 0 Å². The van der Waals surface area contributed by atoms with Crippen molar-refractivity contribution in [3.63, 3.8) is 0 Å². The van der Waals surface area contributed by atoms with E-state index in [1.807, 2.05) is 0 Å². The molecular formula is C12H2BF9. The summed E-state index contributed by atoms with van der Waals surface area (Å²) in [4.78, 5) is 0. The standard InChI is InChI=1S/C12H2BF9/c14-3-1-4(15)10(19)7(9(3)18)13(22)8-11(20)5(16)2-6(17)12(8)21/h1-2H. The molecule has 0 nitrogen and oxygen atoms in total. The Kier molecular flexibility index (Phi) is 4.12. The molecule has 0 fully saturated rings. The second kappa shape index (κ2) is 5.58. The molecular weight excluding hydrogens is 326 g/mol. The highest BCUT2D eigenvalue weighted by Gasteiger charge is 2.37. The lowest BCUT2D eigenvalue weighted by atomic mass is 9.57. The third-order valence-corrected chi connectivity index (χ3v) is 2.80. The molecule has 116 valence electrons. The zero-order valence-corrected chi connectivity index (χ0v) is 10.1. The average Bonchev–Trinajstić information content (AvgIpc) is 2.44. The molecule has 0 aromatic heterocycles. The summed E-state index contributed by atoms with van der Waals surface area (Å²) >= 11 is 0. The van der Waals surface area contributed by atoms with Crippen LogP contribution in [0.15, 0.2) is 12.1 Å². The van der Waals surface area contributed by atoms with Crippen LogP contribution >= 0.6 is 0 Å². The van der Waals surface area contributed by atoms with Gasteiger partial charge in [-0.2, -0.15) is 0 Å². The molecule has 0 saturated carbocycles. The van der Waals surface area contributed by atoms with Gasteiger partial charge in [0.05, 0.1) is 0 Å². The van der Waals surface area contributed by atoms with Gasteiger partial charge in [-0.25, -0.2) is 35.1 Å². The molecule has 0 bridgehead atoms. The molecule has 0 spiro atoms. The molecule has 0 aliphatic heterocycles. The minimum atomic E-state index is -3.52.